The van der Waals surface area contributed by atoms with Crippen LogP contribution in [0.15, 0.2) is 24.4 Å². The number of hydrogen-bond donors (Lipinski definition) is 2. The molecule has 29 heavy (non-hydrogen) atoms. The number of methoxy groups -OCH3 is 1. The molecule has 0 amide bonds. The molecule has 0 spiro atoms. The summed E-state index contributed by atoms with van der Waals surface area (Å²) < 4.78 is 44.6. The number of rotatable bonds is 6. The molecule has 0 unspecified atom stereocenters. The van der Waals surface area contributed by atoms with Gasteiger partial charge in [-0.05, 0) is 44.1 Å². The van der Waals surface area contributed by atoms with Crippen LogP contribution in [0.2, 0.25) is 0 Å². The Kier molecular flexibility index (Phi) is 5.99. The maximum absolute atomic E-state index is 13.9. The highest BCUT2D eigenvalue weighted by Gasteiger charge is 2.31. The van der Waals surface area contributed by atoms with Crippen molar-refractivity contribution < 1.29 is 22.3 Å². The number of ketones is 1. The number of sulfonamides is 1. The van der Waals surface area contributed by atoms with Crippen LogP contribution in [0.5, 0.6) is 5.75 Å². The van der Waals surface area contributed by atoms with E-state index in [0.29, 0.717) is 25.9 Å². The molecule has 1 aromatic heterocycles. The molecule has 0 bridgehead atoms. The molecule has 1 saturated heterocycles. The van der Waals surface area contributed by atoms with E-state index >= 15 is 0 Å². The normalized spacial score (nSPS) is 15.1. The van der Waals surface area contributed by atoms with Crippen molar-refractivity contribution in [3.05, 3.63) is 41.3 Å². The second kappa shape index (κ2) is 8.29. The topological polar surface area (TPSA) is 128 Å². The van der Waals surface area contributed by atoms with Gasteiger partial charge >= 0.3 is 0 Å². The fourth-order valence-corrected chi connectivity index (χ4v) is 4.39. The molecule has 0 aliphatic carbocycles. The number of halogens is 1. The number of nitrogen functional groups attached to an aromatic ring is 1. The summed E-state index contributed by atoms with van der Waals surface area (Å²) in [6, 6.07) is 3.46. The zero-order chi connectivity index (χ0) is 21.2. The largest absolute Gasteiger partial charge is 0.494 e. The standard InChI is InChI=1S/C18H22FN5O4S/c1-28-15-4-3-11(9-14(15)19)16(25)13-10-22-18(23-17(13)20)24(29(2,26)27)12-5-7-21-8-6-12/h3-4,9-10,12,21H,5-8H2,1-2H3,(H2,20,22,23). The SMILES string of the molecule is COc1ccc(C(=O)c2cnc(N(C3CCNCC3)S(C)(=O)=O)nc2N)cc1F. The lowest BCUT2D eigenvalue weighted by Gasteiger charge is -2.32. The van der Waals surface area contributed by atoms with Gasteiger partial charge in [-0.1, -0.05) is 0 Å². The minimum absolute atomic E-state index is 0.00638. The third-order valence-corrected chi connectivity index (χ3v) is 5.83. The Morgan fingerprint density at radius 1 is 1.34 bits per heavy atom. The summed E-state index contributed by atoms with van der Waals surface area (Å²) >= 11 is 0. The van der Waals surface area contributed by atoms with E-state index in [4.69, 9.17) is 10.5 Å². The van der Waals surface area contributed by atoms with E-state index in [9.17, 15) is 17.6 Å². The molecule has 156 valence electrons. The smallest absolute Gasteiger partial charge is 0.241 e. The monoisotopic (exact) mass is 423 g/mol. The summed E-state index contributed by atoms with van der Waals surface area (Å²) in [7, 11) is -2.34. The molecule has 0 radical (unpaired) electrons. The maximum Gasteiger partial charge on any atom is 0.241 e. The number of aromatic nitrogens is 2. The molecule has 1 aliphatic heterocycles. The Morgan fingerprint density at radius 2 is 2.03 bits per heavy atom. The van der Waals surface area contributed by atoms with Crippen LogP contribution in [-0.4, -0.2) is 56.7 Å². The number of hydrogen-bond acceptors (Lipinski definition) is 8. The molecule has 1 fully saturated rings. The van der Waals surface area contributed by atoms with Crippen LogP contribution in [0, 0.1) is 5.82 Å². The highest BCUT2D eigenvalue weighted by atomic mass is 32.2. The first-order valence-electron chi connectivity index (χ1n) is 8.93. The van der Waals surface area contributed by atoms with Crippen LogP contribution < -0.4 is 20.1 Å². The first kappa shape index (κ1) is 20.9. The summed E-state index contributed by atoms with van der Waals surface area (Å²) in [5, 5.41) is 3.17. The zero-order valence-electron chi connectivity index (χ0n) is 16.1. The molecule has 1 aromatic carbocycles. The van der Waals surface area contributed by atoms with Crippen LogP contribution in [0.3, 0.4) is 0 Å². The summed E-state index contributed by atoms with van der Waals surface area (Å²) in [5.41, 5.74) is 5.94. The van der Waals surface area contributed by atoms with E-state index in [1.807, 2.05) is 0 Å². The Bertz CT molecular complexity index is 1020. The van der Waals surface area contributed by atoms with E-state index in [0.717, 1.165) is 16.6 Å². The third-order valence-electron chi connectivity index (χ3n) is 4.66. The van der Waals surface area contributed by atoms with Gasteiger partial charge in [0.15, 0.2) is 17.3 Å². The molecule has 3 N–H and O–H groups in total. The molecule has 11 heteroatoms. The number of piperidine rings is 1. The third kappa shape index (κ3) is 4.46. The van der Waals surface area contributed by atoms with E-state index in [2.05, 4.69) is 15.3 Å². The fraction of sp³-hybridized carbons (Fsp3) is 0.389. The van der Waals surface area contributed by atoms with Crippen molar-refractivity contribution >= 4 is 27.6 Å². The van der Waals surface area contributed by atoms with Gasteiger partial charge in [0.2, 0.25) is 16.0 Å². The number of nitrogens with one attached hydrogen (secondary N) is 1. The molecule has 9 nitrogen and oxygen atoms in total. The van der Waals surface area contributed by atoms with Crippen molar-refractivity contribution in [2.75, 3.05) is 36.5 Å². The van der Waals surface area contributed by atoms with E-state index in [1.54, 1.807) is 0 Å². The number of nitrogens with zero attached hydrogens (tertiary/aromatic N) is 3. The number of benzene rings is 1. The van der Waals surface area contributed by atoms with Crippen molar-refractivity contribution in [3.8, 4) is 5.75 Å². The van der Waals surface area contributed by atoms with Gasteiger partial charge in [0.25, 0.3) is 0 Å². The molecule has 0 atom stereocenters. The molecule has 0 saturated carbocycles. The van der Waals surface area contributed by atoms with Crippen molar-refractivity contribution in [3.63, 3.8) is 0 Å². The molecule has 2 aromatic rings. The van der Waals surface area contributed by atoms with E-state index in [-0.39, 0.29) is 34.7 Å². The molecular weight excluding hydrogens is 401 g/mol. The molecular formula is C18H22FN5O4S. The number of carbonyl (C=O) groups is 1. The van der Waals surface area contributed by atoms with Crippen molar-refractivity contribution in [2.45, 2.75) is 18.9 Å². The predicted octanol–water partition coefficient (Wildman–Crippen LogP) is 0.956. The minimum atomic E-state index is -3.66. The van der Waals surface area contributed by atoms with Crippen LogP contribution >= 0.6 is 0 Å². The lowest BCUT2D eigenvalue weighted by molar-refractivity contribution is 0.103. The fourth-order valence-electron chi connectivity index (χ4n) is 3.25. The average molecular weight is 423 g/mol. The Labute approximate surface area is 168 Å². The van der Waals surface area contributed by atoms with Crippen LogP contribution in [-0.2, 0) is 10.0 Å². The first-order valence-corrected chi connectivity index (χ1v) is 10.8. The highest BCUT2D eigenvalue weighted by Crippen LogP contribution is 2.25. The van der Waals surface area contributed by atoms with Gasteiger partial charge in [0, 0.05) is 11.8 Å². The quantitative estimate of drug-likeness (QED) is 0.658. The summed E-state index contributed by atoms with van der Waals surface area (Å²) in [6.07, 6.45) is 3.44. The summed E-state index contributed by atoms with van der Waals surface area (Å²) in [5.74, 6) is -1.54. The lowest BCUT2D eigenvalue weighted by Crippen LogP contribution is -2.46. The molecule has 1 aliphatic rings. The van der Waals surface area contributed by atoms with Crippen LogP contribution in [0.25, 0.3) is 0 Å². The van der Waals surface area contributed by atoms with Gasteiger partial charge in [-0.15, -0.1) is 0 Å². The number of anilines is 2. The van der Waals surface area contributed by atoms with Crippen LogP contribution in [0.1, 0.15) is 28.8 Å². The second-order valence-electron chi connectivity index (χ2n) is 6.69. The number of carbonyl (C=O) groups excluding carboxylic acids is 1. The maximum atomic E-state index is 13.9. The van der Waals surface area contributed by atoms with Gasteiger partial charge in [-0.3, -0.25) is 4.79 Å². The Balaban J connectivity index is 1.94. The van der Waals surface area contributed by atoms with E-state index < -0.39 is 21.6 Å². The lowest BCUT2D eigenvalue weighted by atomic mass is 10.0. The first-order chi connectivity index (χ1) is 13.7. The predicted molar refractivity (Wildman–Crippen MR) is 106 cm³/mol. The van der Waals surface area contributed by atoms with Crippen LogP contribution in [0.4, 0.5) is 16.2 Å². The Morgan fingerprint density at radius 3 is 2.59 bits per heavy atom. The average Bonchev–Trinajstić information content (AvgIpc) is 2.67. The molecule has 2 heterocycles. The summed E-state index contributed by atoms with van der Waals surface area (Å²) in [4.78, 5) is 20.8. The van der Waals surface area contributed by atoms with Gasteiger partial charge < -0.3 is 15.8 Å². The minimum Gasteiger partial charge on any atom is -0.494 e. The van der Waals surface area contributed by atoms with E-state index in [1.165, 1.54) is 25.4 Å². The van der Waals surface area contributed by atoms with Gasteiger partial charge in [0.1, 0.15) is 5.82 Å². The summed E-state index contributed by atoms with van der Waals surface area (Å²) in [6.45, 7) is 1.34. The van der Waals surface area contributed by atoms with Crippen molar-refractivity contribution in [1.82, 2.24) is 15.3 Å². The zero-order valence-corrected chi connectivity index (χ0v) is 16.9. The van der Waals surface area contributed by atoms with Crippen molar-refractivity contribution in [1.29, 1.82) is 0 Å². The van der Waals surface area contributed by atoms with Gasteiger partial charge in [-0.25, -0.2) is 22.1 Å². The number of nitrogens with two attached hydrogens (primary N) is 1. The molecule has 3 rings (SSSR count). The number of ether oxygens (including phenoxy) is 1. The van der Waals surface area contributed by atoms with Crippen molar-refractivity contribution in [2.24, 2.45) is 0 Å². The van der Waals surface area contributed by atoms with Gasteiger partial charge in [-0.2, -0.15) is 4.98 Å². The highest BCUT2D eigenvalue weighted by molar-refractivity contribution is 7.92. The Hall–Kier alpha value is -2.79. The van der Waals surface area contributed by atoms with Gasteiger partial charge in [0.05, 0.1) is 25.0 Å². The second-order valence-corrected chi connectivity index (χ2v) is 8.55.